The highest BCUT2D eigenvalue weighted by molar-refractivity contribution is 6.29. The molecule has 0 fully saturated rings. The summed E-state index contributed by atoms with van der Waals surface area (Å²) in [6, 6.07) is 0. The standard InChI is InChI=1S/C10H14ClN3O/c1-7-4-9(11)12-5-8(7)10(15)13-6-14(2)3/h4,6,12H,5H2,1-3H3. The number of aliphatic imine (C=N–C) groups is 1. The average Bonchev–Trinajstić information content (AvgIpc) is 2.14. The van der Waals surface area contributed by atoms with Crippen LogP contribution in [0, 0.1) is 0 Å². The van der Waals surface area contributed by atoms with Crippen LogP contribution in [0.5, 0.6) is 0 Å². The van der Waals surface area contributed by atoms with Gasteiger partial charge in [0.2, 0.25) is 0 Å². The van der Waals surface area contributed by atoms with Gasteiger partial charge in [0.25, 0.3) is 5.91 Å². The fraction of sp³-hybridized carbons (Fsp3) is 0.400. The van der Waals surface area contributed by atoms with E-state index in [0.717, 1.165) is 5.57 Å². The molecule has 0 saturated heterocycles. The van der Waals surface area contributed by atoms with Gasteiger partial charge in [-0.1, -0.05) is 11.6 Å². The fourth-order valence-electron chi connectivity index (χ4n) is 1.13. The zero-order valence-electron chi connectivity index (χ0n) is 9.04. The number of dihydropyridines is 1. The van der Waals surface area contributed by atoms with Crippen LogP contribution in [-0.2, 0) is 4.79 Å². The van der Waals surface area contributed by atoms with Crippen molar-refractivity contribution >= 4 is 23.8 Å². The molecule has 0 radical (unpaired) electrons. The van der Waals surface area contributed by atoms with Gasteiger partial charge < -0.3 is 10.2 Å². The van der Waals surface area contributed by atoms with Crippen LogP contribution in [0.2, 0.25) is 0 Å². The Bertz CT molecular complexity index is 356. The number of hydrogen-bond donors (Lipinski definition) is 1. The molecule has 1 aliphatic heterocycles. The summed E-state index contributed by atoms with van der Waals surface area (Å²) in [5, 5.41) is 3.45. The van der Waals surface area contributed by atoms with Gasteiger partial charge in [0.1, 0.15) is 5.16 Å². The third-order valence-electron chi connectivity index (χ3n) is 1.92. The maximum Gasteiger partial charge on any atom is 0.276 e. The van der Waals surface area contributed by atoms with Gasteiger partial charge in [-0.25, -0.2) is 0 Å². The predicted octanol–water partition coefficient (Wildman–Crippen LogP) is 1.10. The third-order valence-corrected chi connectivity index (χ3v) is 2.16. The summed E-state index contributed by atoms with van der Waals surface area (Å²) in [6.07, 6.45) is 3.21. The molecule has 1 amide bonds. The number of nitrogens with zero attached hydrogens (tertiary/aromatic N) is 2. The molecular weight excluding hydrogens is 214 g/mol. The van der Waals surface area contributed by atoms with E-state index in [2.05, 4.69) is 10.3 Å². The van der Waals surface area contributed by atoms with Crippen LogP contribution in [0.25, 0.3) is 0 Å². The molecule has 0 aromatic heterocycles. The van der Waals surface area contributed by atoms with Gasteiger partial charge in [-0.05, 0) is 18.6 Å². The van der Waals surface area contributed by atoms with Crippen LogP contribution < -0.4 is 5.32 Å². The highest BCUT2D eigenvalue weighted by Crippen LogP contribution is 2.15. The number of rotatable bonds is 2. The molecule has 5 heteroatoms. The summed E-state index contributed by atoms with van der Waals surface area (Å²) >= 11 is 5.77. The molecule has 0 aliphatic carbocycles. The van der Waals surface area contributed by atoms with E-state index in [-0.39, 0.29) is 5.91 Å². The Kier molecular flexibility index (Phi) is 3.91. The molecule has 0 aromatic rings. The second-order valence-electron chi connectivity index (χ2n) is 3.52. The van der Waals surface area contributed by atoms with Crippen molar-refractivity contribution in [3.63, 3.8) is 0 Å². The first-order chi connectivity index (χ1) is 7.00. The smallest absolute Gasteiger partial charge is 0.276 e. The van der Waals surface area contributed by atoms with Gasteiger partial charge in [0.15, 0.2) is 0 Å². The number of halogens is 1. The lowest BCUT2D eigenvalue weighted by atomic mass is 10.1. The monoisotopic (exact) mass is 227 g/mol. The van der Waals surface area contributed by atoms with Crippen molar-refractivity contribution in [2.45, 2.75) is 6.92 Å². The van der Waals surface area contributed by atoms with Crippen molar-refractivity contribution in [1.82, 2.24) is 10.2 Å². The first-order valence-electron chi connectivity index (χ1n) is 4.56. The van der Waals surface area contributed by atoms with E-state index >= 15 is 0 Å². The van der Waals surface area contributed by atoms with Gasteiger partial charge in [0.05, 0.1) is 6.34 Å². The average molecular weight is 228 g/mol. The molecule has 0 unspecified atom stereocenters. The minimum absolute atomic E-state index is 0.228. The van der Waals surface area contributed by atoms with Crippen molar-refractivity contribution < 1.29 is 4.79 Å². The molecule has 0 bridgehead atoms. The Balaban J connectivity index is 2.81. The minimum atomic E-state index is -0.228. The molecule has 0 saturated carbocycles. The maximum atomic E-state index is 11.6. The zero-order valence-corrected chi connectivity index (χ0v) is 9.80. The lowest BCUT2D eigenvalue weighted by Gasteiger charge is -2.14. The Hall–Kier alpha value is -1.29. The molecule has 1 aliphatic rings. The maximum absolute atomic E-state index is 11.6. The van der Waals surface area contributed by atoms with Gasteiger partial charge >= 0.3 is 0 Å². The van der Waals surface area contributed by atoms with E-state index in [1.54, 1.807) is 11.0 Å². The Morgan fingerprint density at radius 1 is 1.67 bits per heavy atom. The molecule has 82 valence electrons. The fourth-order valence-corrected chi connectivity index (χ4v) is 1.36. The van der Waals surface area contributed by atoms with Crippen LogP contribution in [0.15, 0.2) is 27.4 Å². The second kappa shape index (κ2) is 4.98. The molecule has 0 spiro atoms. The molecule has 0 aromatic carbocycles. The summed E-state index contributed by atoms with van der Waals surface area (Å²) in [5.41, 5.74) is 1.51. The van der Waals surface area contributed by atoms with Crippen molar-refractivity contribution in [2.75, 3.05) is 20.6 Å². The van der Waals surface area contributed by atoms with Crippen molar-refractivity contribution in [3.8, 4) is 0 Å². The van der Waals surface area contributed by atoms with E-state index in [4.69, 9.17) is 11.6 Å². The van der Waals surface area contributed by atoms with E-state index in [1.165, 1.54) is 6.34 Å². The Morgan fingerprint density at radius 3 is 2.87 bits per heavy atom. The van der Waals surface area contributed by atoms with Gasteiger partial charge in [0, 0.05) is 26.2 Å². The van der Waals surface area contributed by atoms with Crippen LogP contribution in [0.4, 0.5) is 0 Å². The third kappa shape index (κ3) is 3.40. The van der Waals surface area contributed by atoms with Crippen molar-refractivity contribution in [3.05, 3.63) is 22.4 Å². The summed E-state index contributed by atoms with van der Waals surface area (Å²) in [6.45, 7) is 2.28. The van der Waals surface area contributed by atoms with Crippen molar-refractivity contribution in [2.24, 2.45) is 4.99 Å². The van der Waals surface area contributed by atoms with Gasteiger partial charge in [-0.3, -0.25) is 4.79 Å². The quantitative estimate of drug-likeness (QED) is 0.437. The van der Waals surface area contributed by atoms with Crippen molar-refractivity contribution in [1.29, 1.82) is 0 Å². The van der Waals surface area contributed by atoms with E-state index in [1.807, 2.05) is 21.0 Å². The Morgan fingerprint density at radius 2 is 2.33 bits per heavy atom. The minimum Gasteiger partial charge on any atom is -0.372 e. The molecule has 1 heterocycles. The zero-order chi connectivity index (χ0) is 11.4. The molecule has 0 atom stereocenters. The Labute approximate surface area is 94.3 Å². The molecule has 1 rings (SSSR count). The summed E-state index contributed by atoms with van der Waals surface area (Å²) in [5.74, 6) is -0.228. The van der Waals surface area contributed by atoms with E-state index in [9.17, 15) is 4.79 Å². The molecular formula is C10H14ClN3O. The number of hydrogen-bond acceptors (Lipinski definition) is 2. The van der Waals surface area contributed by atoms with E-state index < -0.39 is 0 Å². The lowest BCUT2D eigenvalue weighted by molar-refractivity contribution is -0.114. The SMILES string of the molecule is CC1=C(C(=O)N=CN(C)C)CNC(Cl)=C1. The number of carbonyl (C=O) groups is 1. The molecule has 1 N–H and O–H groups in total. The van der Waals surface area contributed by atoms with Crippen LogP contribution >= 0.6 is 11.6 Å². The number of carbonyl (C=O) groups excluding carboxylic acids is 1. The predicted molar refractivity (Wildman–Crippen MR) is 61.8 cm³/mol. The van der Waals surface area contributed by atoms with Gasteiger partial charge in [-0.2, -0.15) is 4.99 Å². The molecule has 15 heavy (non-hydrogen) atoms. The number of allylic oxidation sites excluding steroid dienone is 2. The van der Waals surface area contributed by atoms with E-state index in [0.29, 0.717) is 17.3 Å². The largest absolute Gasteiger partial charge is 0.372 e. The van der Waals surface area contributed by atoms with Crippen LogP contribution in [-0.4, -0.2) is 37.8 Å². The number of nitrogens with one attached hydrogen (secondary N) is 1. The highest BCUT2D eigenvalue weighted by atomic mass is 35.5. The van der Waals surface area contributed by atoms with Crippen LogP contribution in [0.1, 0.15) is 6.92 Å². The first-order valence-corrected chi connectivity index (χ1v) is 4.94. The topological polar surface area (TPSA) is 44.7 Å². The summed E-state index contributed by atoms with van der Waals surface area (Å²) in [7, 11) is 3.63. The lowest BCUT2D eigenvalue weighted by Crippen LogP contribution is -2.23. The molecule has 4 nitrogen and oxygen atoms in total. The highest BCUT2D eigenvalue weighted by Gasteiger charge is 2.14. The summed E-state index contributed by atoms with van der Waals surface area (Å²) in [4.78, 5) is 17.2. The second-order valence-corrected chi connectivity index (χ2v) is 3.93. The van der Waals surface area contributed by atoms with Crippen LogP contribution in [0.3, 0.4) is 0 Å². The summed E-state index contributed by atoms with van der Waals surface area (Å²) < 4.78 is 0. The van der Waals surface area contributed by atoms with Gasteiger partial charge in [-0.15, -0.1) is 0 Å². The first kappa shape index (κ1) is 11.8. The number of amides is 1. The normalized spacial score (nSPS) is 16.4.